The third-order valence-electron chi connectivity index (χ3n) is 4.94. The van der Waals surface area contributed by atoms with Crippen LogP contribution in [0.25, 0.3) is 11.1 Å². The molecule has 1 atom stereocenters. The number of nitrogens with one attached hydrogen (secondary N) is 1. The molecule has 1 fully saturated rings. The largest absolute Gasteiger partial charge is 0.480 e. The summed E-state index contributed by atoms with van der Waals surface area (Å²) in [5.74, 6) is -0.532. The van der Waals surface area contributed by atoms with Crippen LogP contribution in [-0.2, 0) is 9.53 Å². The number of nitrogens with zero attached hydrogens (tertiary/aromatic N) is 3. The van der Waals surface area contributed by atoms with Crippen molar-refractivity contribution in [2.75, 3.05) is 0 Å². The van der Waals surface area contributed by atoms with E-state index in [1.165, 1.54) is 4.68 Å². The number of carboxylic acid groups (broad SMARTS) is 1. The fourth-order valence-electron chi connectivity index (χ4n) is 3.42. The molecule has 0 saturated heterocycles. The highest BCUT2D eigenvalue weighted by Crippen LogP contribution is 2.29. The molecule has 3 rings (SSSR count). The molecule has 2 N–H and O–H groups in total. The van der Waals surface area contributed by atoms with Crippen LogP contribution in [0.4, 0.5) is 4.79 Å². The van der Waals surface area contributed by atoms with Crippen molar-refractivity contribution in [3.63, 3.8) is 0 Å². The number of carbonyl (C=O) groups excluding carboxylic acids is 1. The van der Waals surface area contributed by atoms with Crippen molar-refractivity contribution >= 4 is 12.1 Å². The van der Waals surface area contributed by atoms with Crippen LogP contribution >= 0.6 is 0 Å². The number of pyridine rings is 1. The van der Waals surface area contributed by atoms with Crippen LogP contribution in [0.3, 0.4) is 0 Å². The lowest BCUT2D eigenvalue weighted by Gasteiger charge is -2.35. The molecule has 0 bridgehead atoms. The summed E-state index contributed by atoms with van der Waals surface area (Å²) in [4.78, 5) is 27.6. The Kier molecular flexibility index (Phi) is 6.52. The molecule has 31 heavy (non-hydrogen) atoms. The Morgan fingerprint density at radius 1 is 1.26 bits per heavy atom. The van der Waals surface area contributed by atoms with Gasteiger partial charge in [0.25, 0.3) is 0 Å². The Morgan fingerprint density at radius 3 is 2.58 bits per heavy atom. The molecule has 9 heteroatoms. The predicted octanol–water partition coefficient (Wildman–Crippen LogP) is 3.66. The van der Waals surface area contributed by atoms with Crippen LogP contribution in [0, 0.1) is 5.92 Å². The number of carboxylic acids is 1. The minimum Gasteiger partial charge on any atom is -0.480 e. The highest BCUT2D eigenvalue weighted by molar-refractivity contribution is 5.72. The number of ether oxygens (including phenoxy) is 2. The van der Waals surface area contributed by atoms with Gasteiger partial charge in [-0.3, -0.25) is 4.68 Å². The van der Waals surface area contributed by atoms with Gasteiger partial charge in [0.05, 0.1) is 6.20 Å². The Balaban J connectivity index is 1.58. The topological polar surface area (TPSA) is 116 Å². The van der Waals surface area contributed by atoms with Crippen LogP contribution in [0.15, 0.2) is 30.7 Å². The lowest BCUT2D eigenvalue weighted by molar-refractivity contribution is -0.142. The Bertz CT molecular complexity index is 928. The molecular formula is C22H30N4O5. The van der Waals surface area contributed by atoms with E-state index < -0.39 is 23.7 Å². The summed E-state index contributed by atoms with van der Waals surface area (Å²) in [5, 5.41) is 16.5. The van der Waals surface area contributed by atoms with Gasteiger partial charge in [-0.25, -0.2) is 14.6 Å². The summed E-state index contributed by atoms with van der Waals surface area (Å²) in [6.07, 6.45) is 5.91. The summed E-state index contributed by atoms with van der Waals surface area (Å²) >= 11 is 0. The van der Waals surface area contributed by atoms with Crippen molar-refractivity contribution in [1.29, 1.82) is 0 Å². The van der Waals surface area contributed by atoms with Crippen LogP contribution in [0.2, 0.25) is 0 Å². The quantitative estimate of drug-likeness (QED) is 0.689. The van der Waals surface area contributed by atoms with Gasteiger partial charge in [0.2, 0.25) is 5.88 Å². The summed E-state index contributed by atoms with van der Waals surface area (Å²) in [5.41, 5.74) is 1.10. The number of amides is 1. The second kappa shape index (κ2) is 8.95. The number of hydrogen-bond acceptors (Lipinski definition) is 6. The normalized spacial score (nSPS) is 19.4. The lowest BCUT2D eigenvalue weighted by atomic mass is 9.89. The third-order valence-corrected chi connectivity index (χ3v) is 4.94. The smallest absolute Gasteiger partial charge is 0.407 e. The van der Waals surface area contributed by atoms with E-state index in [0.717, 1.165) is 11.1 Å². The molecule has 0 spiro atoms. The molecule has 9 nitrogen and oxygen atoms in total. The first-order valence-electron chi connectivity index (χ1n) is 10.4. The molecule has 0 aromatic carbocycles. The van der Waals surface area contributed by atoms with Crippen molar-refractivity contribution in [2.24, 2.45) is 5.92 Å². The van der Waals surface area contributed by atoms with E-state index in [9.17, 15) is 14.7 Å². The van der Waals surface area contributed by atoms with Gasteiger partial charge in [-0.1, -0.05) is 13.8 Å². The number of hydrogen-bond donors (Lipinski definition) is 2. The summed E-state index contributed by atoms with van der Waals surface area (Å²) in [6.45, 7) is 9.18. The van der Waals surface area contributed by atoms with Crippen LogP contribution < -0.4 is 10.1 Å². The minimum absolute atomic E-state index is 0.0188. The number of alkyl carbamates (subject to hydrolysis) is 1. The van der Waals surface area contributed by atoms with Gasteiger partial charge in [-0.05, 0) is 38.3 Å². The molecule has 2 aromatic rings. The van der Waals surface area contributed by atoms with E-state index in [1.54, 1.807) is 24.7 Å². The van der Waals surface area contributed by atoms with E-state index in [4.69, 9.17) is 9.47 Å². The van der Waals surface area contributed by atoms with Gasteiger partial charge >= 0.3 is 12.1 Å². The van der Waals surface area contributed by atoms with Gasteiger partial charge < -0.3 is 19.9 Å². The SMILES string of the molecule is CC(C)C(C(=O)O)n1cc(-c2ccnc(O[C@H]3C[C@@H](NC(=O)OC(C)(C)C)C3)c2)cn1. The van der Waals surface area contributed by atoms with E-state index in [1.807, 2.05) is 40.7 Å². The molecule has 2 aromatic heterocycles. The van der Waals surface area contributed by atoms with Gasteiger partial charge in [0.1, 0.15) is 11.7 Å². The molecule has 168 valence electrons. The summed E-state index contributed by atoms with van der Waals surface area (Å²) in [7, 11) is 0. The average Bonchev–Trinajstić information content (AvgIpc) is 3.07. The van der Waals surface area contributed by atoms with Gasteiger partial charge in [-0.15, -0.1) is 0 Å². The van der Waals surface area contributed by atoms with Crippen molar-refractivity contribution in [3.05, 3.63) is 30.7 Å². The van der Waals surface area contributed by atoms with E-state index >= 15 is 0 Å². The maximum absolute atomic E-state index is 11.8. The van der Waals surface area contributed by atoms with Crippen LogP contribution in [-0.4, -0.2) is 49.7 Å². The molecule has 1 aliphatic rings. The standard InChI is InChI=1S/C22H30N4O5/c1-13(2)19(20(27)28)26-12-15(11-24-26)14-6-7-23-18(8-14)30-17-9-16(10-17)25-21(29)31-22(3,4)5/h6-8,11-13,16-17,19H,9-10H2,1-5H3,(H,25,29)(H,27,28)/t16-,17+,19?. The minimum atomic E-state index is -0.914. The molecule has 2 heterocycles. The zero-order valence-corrected chi connectivity index (χ0v) is 18.5. The summed E-state index contributed by atoms with van der Waals surface area (Å²) < 4.78 is 12.7. The van der Waals surface area contributed by atoms with E-state index in [0.29, 0.717) is 18.7 Å². The first-order valence-corrected chi connectivity index (χ1v) is 10.4. The van der Waals surface area contributed by atoms with Gasteiger partial charge in [0, 0.05) is 42.9 Å². The van der Waals surface area contributed by atoms with Gasteiger partial charge in [-0.2, -0.15) is 5.10 Å². The molecule has 1 unspecified atom stereocenters. The van der Waals surface area contributed by atoms with Crippen LogP contribution in [0.5, 0.6) is 5.88 Å². The maximum atomic E-state index is 11.8. The lowest BCUT2D eigenvalue weighted by Crippen LogP contribution is -2.50. The number of rotatable bonds is 7. The third kappa shape index (κ3) is 5.96. The van der Waals surface area contributed by atoms with Crippen molar-refractivity contribution in [2.45, 2.75) is 71.2 Å². The maximum Gasteiger partial charge on any atom is 0.407 e. The van der Waals surface area contributed by atoms with Gasteiger partial charge in [0.15, 0.2) is 6.04 Å². The Hall–Kier alpha value is -3.10. The molecular weight excluding hydrogens is 400 g/mol. The molecule has 1 saturated carbocycles. The van der Waals surface area contributed by atoms with Crippen molar-refractivity contribution in [3.8, 4) is 17.0 Å². The molecule has 0 radical (unpaired) electrons. The summed E-state index contributed by atoms with van der Waals surface area (Å²) in [6, 6.07) is 2.93. The van der Waals surface area contributed by atoms with E-state index in [2.05, 4.69) is 15.4 Å². The zero-order valence-electron chi connectivity index (χ0n) is 18.5. The molecule has 0 aliphatic heterocycles. The first-order chi connectivity index (χ1) is 14.5. The number of aliphatic carboxylic acids is 1. The van der Waals surface area contributed by atoms with Crippen molar-refractivity contribution < 1.29 is 24.2 Å². The average molecular weight is 431 g/mol. The van der Waals surface area contributed by atoms with Crippen molar-refractivity contribution in [1.82, 2.24) is 20.1 Å². The number of carbonyl (C=O) groups is 2. The highest BCUT2D eigenvalue weighted by atomic mass is 16.6. The van der Waals surface area contributed by atoms with E-state index in [-0.39, 0.29) is 18.1 Å². The fourth-order valence-corrected chi connectivity index (χ4v) is 3.42. The first kappa shape index (κ1) is 22.6. The zero-order chi connectivity index (χ0) is 22.8. The number of aromatic nitrogens is 3. The fraction of sp³-hybridized carbons (Fsp3) is 0.545. The predicted molar refractivity (Wildman–Crippen MR) is 114 cm³/mol. The Labute approximate surface area is 181 Å². The van der Waals surface area contributed by atoms with Crippen LogP contribution in [0.1, 0.15) is 53.5 Å². The monoisotopic (exact) mass is 430 g/mol. The Morgan fingerprint density at radius 2 is 1.97 bits per heavy atom. The second-order valence-corrected chi connectivity index (χ2v) is 9.17. The molecule has 1 aliphatic carbocycles. The highest BCUT2D eigenvalue weighted by Gasteiger charge is 2.33. The second-order valence-electron chi connectivity index (χ2n) is 9.17. The molecule has 1 amide bonds.